The van der Waals surface area contributed by atoms with Gasteiger partial charge in [-0.15, -0.1) is 0 Å². The number of carbonyl (C=O) groups is 2. The second-order valence-corrected chi connectivity index (χ2v) is 7.44. The molecule has 1 aliphatic rings. The van der Waals surface area contributed by atoms with Crippen LogP contribution in [-0.2, 0) is 11.0 Å². The van der Waals surface area contributed by atoms with Crippen molar-refractivity contribution >= 4 is 23.2 Å². The smallest absolute Gasteiger partial charge is 0.326 e. The van der Waals surface area contributed by atoms with Crippen LogP contribution in [0.3, 0.4) is 0 Å². The van der Waals surface area contributed by atoms with E-state index in [1.165, 1.54) is 6.07 Å². The fourth-order valence-electron chi connectivity index (χ4n) is 3.45. The minimum absolute atomic E-state index is 0.0228. The highest BCUT2D eigenvalue weighted by atomic mass is 19.4. The molecule has 3 rings (SSSR count). The quantitative estimate of drug-likeness (QED) is 0.678. The van der Waals surface area contributed by atoms with Crippen molar-refractivity contribution < 1.29 is 22.8 Å². The van der Waals surface area contributed by atoms with Gasteiger partial charge in [-0.3, -0.25) is 9.59 Å². The number of nitrogens with one attached hydrogen (secondary N) is 2. The Morgan fingerprint density at radius 3 is 2.07 bits per heavy atom. The molecule has 2 aromatic rings. The van der Waals surface area contributed by atoms with Crippen molar-refractivity contribution in [2.45, 2.75) is 45.2 Å². The molecule has 0 saturated heterocycles. The van der Waals surface area contributed by atoms with Crippen LogP contribution in [0.1, 0.15) is 53.6 Å². The lowest BCUT2D eigenvalue weighted by atomic mass is 9.88. The van der Waals surface area contributed by atoms with E-state index in [-0.39, 0.29) is 23.2 Å². The molecule has 29 heavy (non-hydrogen) atoms. The highest BCUT2D eigenvalue weighted by Gasteiger charge is 2.32. The van der Waals surface area contributed by atoms with Gasteiger partial charge in [0.1, 0.15) is 0 Å². The molecule has 0 heterocycles. The Morgan fingerprint density at radius 1 is 0.897 bits per heavy atom. The van der Waals surface area contributed by atoms with Crippen LogP contribution in [0, 0.1) is 12.8 Å². The summed E-state index contributed by atoms with van der Waals surface area (Å²) in [7, 11) is 0. The standard InChI is InChI=1S/C22H23F3N2O2/c1-14-7-9-16(10-8-14)21(29)27-19-12-17(22(23,24)25)11-18(13-19)26-20(28)15-5-3-2-4-6-15/h7-13,15H,2-6H2,1H3,(H,26,28)(H,27,29). The SMILES string of the molecule is Cc1ccc(C(=O)Nc2cc(NC(=O)C3CCCCC3)cc(C(F)(F)F)c2)cc1. The maximum atomic E-state index is 13.3. The Morgan fingerprint density at radius 2 is 1.48 bits per heavy atom. The fraction of sp³-hybridized carbons (Fsp3) is 0.364. The van der Waals surface area contributed by atoms with Crippen LogP contribution < -0.4 is 10.6 Å². The normalized spacial score (nSPS) is 15.0. The molecule has 4 nitrogen and oxygen atoms in total. The molecule has 0 bridgehead atoms. The van der Waals surface area contributed by atoms with E-state index in [0.717, 1.165) is 49.8 Å². The van der Waals surface area contributed by atoms with Gasteiger partial charge in [-0.2, -0.15) is 13.2 Å². The van der Waals surface area contributed by atoms with E-state index in [0.29, 0.717) is 5.56 Å². The largest absolute Gasteiger partial charge is 0.416 e. The lowest BCUT2D eigenvalue weighted by Gasteiger charge is -2.21. The number of alkyl halides is 3. The minimum Gasteiger partial charge on any atom is -0.326 e. The summed E-state index contributed by atoms with van der Waals surface area (Å²) >= 11 is 0. The van der Waals surface area contributed by atoms with E-state index in [1.54, 1.807) is 24.3 Å². The lowest BCUT2D eigenvalue weighted by Crippen LogP contribution is -2.25. The summed E-state index contributed by atoms with van der Waals surface area (Å²) < 4.78 is 40.0. The van der Waals surface area contributed by atoms with Crippen LogP contribution in [0.2, 0.25) is 0 Å². The van der Waals surface area contributed by atoms with Gasteiger partial charge in [-0.1, -0.05) is 37.0 Å². The number of anilines is 2. The van der Waals surface area contributed by atoms with E-state index in [9.17, 15) is 22.8 Å². The summed E-state index contributed by atoms with van der Waals surface area (Å²) in [5, 5.41) is 5.09. The molecule has 7 heteroatoms. The average molecular weight is 404 g/mol. The van der Waals surface area contributed by atoms with Gasteiger partial charge in [-0.05, 0) is 50.1 Å². The lowest BCUT2D eigenvalue weighted by molar-refractivity contribution is -0.137. The van der Waals surface area contributed by atoms with Gasteiger partial charge in [0.05, 0.1) is 5.56 Å². The molecule has 1 saturated carbocycles. The van der Waals surface area contributed by atoms with Gasteiger partial charge in [-0.25, -0.2) is 0 Å². The Hall–Kier alpha value is -2.83. The van der Waals surface area contributed by atoms with Crippen molar-refractivity contribution in [1.82, 2.24) is 0 Å². The third-order valence-corrected chi connectivity index (χ3v) is 5.08. The van der Waals surface area contributed by atoms with Crippen molar-refractivity contribution in [1.29, 1.82) is 0 Å². The van der Waals surface area contributed by atoms with E-state index in [2.05, 4.69) is 10.6 Å². The van der Waals surface area contributed by atoms with Gasteiger partial charge in [0, 0.05) is 22.9 Å². The van der Waals surface area contributed by atoms with Gasteiger partial charge in [0.15, 0.2) is 0 Å². The Balaban J connectivity index is 1.82. The molecule has 2 aromatic carbocycles. The number of aryl methyl sites for hydroxylation is 1. The molecule has 0 spiro atoms. The highest BCUT2D eigenvalue weighted by Crippen LogP contribution is 2.34. The number of benzene rings is 2. The zero-order valence-corrected chi connectivity index (χ0v) is 16.1. The molecule has 0 radical (unpaired) electrons. The zero-order chi connectivity index (χ0) is 21.0. The second-order valence-electron chi connectivity index (χ2n) is 7.44. The molecule has 2 N–H and O–H groups in total. The summed E-state index contributed by atoms with van der Waals surface area (Å²) in [6, 6.07) is 9.80. The van der Waals surface area contributed by atoms with Gasteiger partial charge in [0.25, 0.3) is 5.91 Å². The minimum atomic E-state index is -4.60. The molecular formula is C22H23F3N2O2. The molecular weight excluding hydrogens is 381 g/mol. The van der Waals surface area contributed by atoms with Gasteiger partial charge in [0.2, 0.25) is 5.91 Å². The highest BCUT2D eigenvalue weighted by molar-refractivity contribution is 6.04. The van der Waals surface area contributed by atoms with Crippen LogP contribution in [0.15, 0.2) is 42.5 Å². The fourth-order valence-corrected chi connectivity index (χ4v) is 3.45. The third-order valence-electron chi connectivity index (χ3n) is 5.08. The number of carbonyl (C=O) groups excluding carboxylic acids is 2. The number of halogens is 3. The van der Waals surface area contributed by atoms with Crippen molar-refractivity contribution in [3.05, 3.63) is 59.2 Å². The average Bonchev–Trinajstić information content (AvgIpc) is 2.68. The van der Waals surface area contributed by atoms with Crippen LogP contribution in [0.25, 0.3) is 0 Å². The summed E-state index contributed by atoms with van der Waals surface area (Å²) in [5.74, 6) is -0.988. The molecule has 154 valence electrons. The summed E-state index contributed by atoms with van der Waals surface area (Å²) in [6.45, 7) is 1.87. The monoisotopic (exact) mass is 404 g/mol. The number of hydrogen-bond acceptors (Lipinski definition) is 2. The molecule has 2 amide bonds. The van der Waals surface area contributed by atoms with Crippen molar-refractivity contribution in [3.8, 4) is 0 Å². The Labute approximate surface area is 167 Å². The molecule has 0 atom stereocenters. The molecule has 0 unspecified atom stereocenters. The summed E-state index contributed by atoms with van der Waals surface area (Å²) in [4.78, 5) is 24.8. The van der Waals surface area contributed by atoms with E-state index in [4.69, 9.17) is 0 Å². The molecule has 0 aliphatic heterocycles. The van der Waals surface area contributed by atoms with Crippen molar-refractivity contribution in [2.75, 3.05) is 10.6 Å². The van der Waals surface area contributed by atoms with Crippen LogP contribution >= 0.6 is 0 Å². The summed E-state index contributed by atoms with van der Waals surface area (Å²) in [5.41, 5.74) is 0.367. The zero-order valence-electron chi connectivity index (χ0n) is 16.1. The molecule has 1 aliphatic carbocycles. The van der Waals surface area contributed by atoms with Crippen LogP contribution in [0.4, 0.5) is 24.5 Å². The maximum Gasteiger partial charge on any atom is 0.416 e. The van der Waals surface area contributed by atoms with E-state index in [1.807, 2.05) is 6.92 Å². The third kappa shape index (κ3) is 5.59. The second kappa shape index (κ2) is 8.68. The van der Waals surface area contributed by atoms with Crippen LogP contribution in [-0.4, -0.2) is 11.8 Å². The number of rotatable bonds is 4. The predicted octanol–water partition coefficient (Wildman–Crippen LogP) is 5.78. The first-order valence-corrected chi connectivity index (χ1v) is 9.63. The number of amides is 2. The van der Waals surface area contributed by atoms with Crippen LogP contribution in [0.5, 0.6) is 0 Å². The molecule has 0 aromatic heterocycles. The first kappa shape index (κ1) is 20.9. The van der Waals surface area contributed by atoms with Crippen molar-refractivity contribution in [3.63, 3.8) is 0 Å². The van der Waals surface area contributed by atoms with Gasteiger partial charge < -0.3 is 10.6 Å². The topological polar surface area (TPSA) is 58.2 Å². The first-order valence-electron chi connectivity index (χ1n) is 9.63. The van der Waals surface area contributed by atoms with Gasteiger partial charge >= 0.3 is 6.18 Å². The number of hydrogen-bond donors (Lipinski definition) is 2. The Kier molecular flexibility index (Phi) is 6.25. The molecule has 1 fully saturated rings. The summed E-state index contributed by atoms with van der Waals surface area (Å²) in [6.07, 6.45) is -0.169. The van der Waals surface area contributed by atoms with E-state index < -0.39 is 17.6 Å². The van der Waals surface area contributed by atoms with E-state index >= 15 is 0 Å². The van der Waals surface area contributed by atoms with Crippen molar-refractivity contribution in [2.24, 2.45) is 5.92 Å². The maximum absolute atomic E-state index is 13.3. The first-order chi connectivity index (χ1) is 13.7. The Bertz CT molecular complexity index is 886. The predicted molar refractivity (Wildman–Crippen MR) is 106 cm³/mol.